The Morgan fingerprint density at radius 2 is 1.88 bits per heavy atom. The monoisotopic (exact) mass is 220 g/mol. The third-order valence-electron chi connectivity index (χ3n) is 2.69. The summed E-state index contributed by atoms with van der Waals surface area (Å²) in [6.45, 7) is 10.4. The van der Waals surface area contributed by atoms with Gasteiger partial charge < -0.3 is 0 Å². The molecule has 0 heterocycles. The minimum atomic E-state index is 1.17. The lowest BCUT2D eigenvalue weighted by atomic mass is 10.0. The van der Waals surface area contributed by atoms with E-state index in [1.807, 2.05) is 0 Å². The molecule has 0 fully saturated rings. The molecule has 0 unspecified atom stereocenters. The van der Waals surface area contributed by atoms with Gasteiger partial charge in [-0.25, -0.2) is 0 Å². The molecular weight excluding hydrogens is 192 g/mol. The van der Waals surface area contributed by atoms with E-state index in [1.54, 1.807) is 5.57 Å². The van der Waals surface area contributed by atoms with Crippen molar-refractivity contribution in [2.45, 2.75) is 65.7 Å². The van der Waals surface area contributed by atoms with Crippen molar-refractivity contribution in [1.82, 2.24) is 0 Å². The summed E-state index contributed by atoms with van der Waals surface area (Å²) in [7, 11) is 0. The maximum Gasteiger partial charge on any atom is -0.0286 e. The molecule has 0 aliphatic rings. The molecule has 0 heteroatoms. The van der Waals surface area contributed by atoms with E-state index in [1.165, 1.54) is 50.5 Å². The zero-order chi connectivity index (χ0) is 12.2. The van der Waals surface area contributed by atoms with Crippen LogP contribution in [0.1, 0.15) is 65.7 Å². The number of allylic oxidation sites excluding steroid dienone is 5. The van der Waals surface area contributed by atoms with E-state index in [2.05, 4.69) is 45.6 Å². The quantitative estimate of drug-likeness (QED) is 0.430. The second-order valence-corrected chi connectivity index (χ2v) is 4.57. The van der Waals surface area contributed by atoms with Gasteiger partial charge in [0.05, 0.1) is 0 Å². The predicted octanol–water partition coefficient (Wildman–Crippen LogP) is 5.82. The Balaban J connectivity index is 3.94. The Morgan fingerprint density at radius 3 is 2.44 bits per heavy atom. The zero-order valence-corrected chi connectivity index (χ0v) is 11.4. The molecule has 0 aromatic carbocycles. The van der Waals surface area contributed by atoms with E-state index in [4.69, 9.17) is 0 Å². The SMILES string of the molecule is C=C(C)CCC/C(=C\CCC)CCC=CC. The lowest BCUT2D eigenvalue weighted by molar-refractivity contribution is 0.758. The number of rotatable bonds is 9. The van der Waals surface area contributed by atoms with Crippen LogP contribution in [0.15, 0.2) is 36.0 Å². The van der Waals surface area contributed by atoms with Crippen molar-refractivity contribution in [3.05, 3.63) is 36.0 Å². The van der Waals surface area contributed by atoms with Gasteiger partial charge in [-0.3, -0.25) is 0 Å². The van der Waals surface area contributed by atoms with Crippen LogP contribution in [0.3, 0.4) is 0 Å². The molecule has 0 spiro atoms. The molecule has 0 rings (SSSR count). The third-order valence-corrected chi connectivity index (χ3v) is 2.69. The van der Waals surface area contributed by atoms with Gasteiger partial charge in [-0.1, -0.05) is 42.7 Å². The fourth-order valence-corrected chi connectivity index (χ4v) is 1.73. The highest BCUT2D eigenvalue weighted by molar-refractivity contribution is 5.04. The fourth-order valence-electron chi connectivity index (χ4n) is 1.73. The zero-order valence-electron chi connectivity index (χ0n) is 11.4. The van der Waals surface area contributed by atoms with Gasteiger partial charge in [0.2, 0.25) is 0 Å². The van der Waals surface area contributed by atoms with Gasteiger partial charge in [-0.2, -0.15) is 0 Å². The first-order chi connectivity index (χ1) is 7.70. The highest BCUT2D eigenvalue weighted by Gasteiger charge is 1.97. The second kappa shape index (κ2) is 10.7. The van der Waals surface area contributed by atoms with E-state index >= 15 is 0 Å². The fraction of sp³-hybridized carbons (Fsp3) is 0.625. The lowest BCUT2D eigenvalue weighted by Gasteiger charge is -2.06. The first-order valence-electron chi connectivity index (χ1n) is 6.64. The summed E-state index contributed by atoms with van der Waals surface area (Å²) in [5.74, 6) is 0. The third kappa shape index (κ3) is 9.76. The number of hydrogen-bond donors (Lipinski definition) is 0. The molecular formula is C16H28. The Hall–Kier alpha value is -0.780. The van der Waals surface area contributed by atoms with Crippen molar-refractivity contribution in [1.29, 1.82) is 0 Å². The van der Waals surface area contributed by atoms with Crippen LogP contribution >= 0.6 is 0 Å². The number of hydrogen-bond acceptors (Lipinski definition) is 0. The molecule has 0 saturated heterocycles. The largest absolute Gasteiger partial charge is 0.100 e. The normalized spacial score (nSPS) is 12.3. The molecule has 0 aliphatic heterocycles. The first-order valence-corrected chi connectivity index (χ1v) is 6.64. The van der Waals surface area contributed by atoms with Crippen molar-refractivity contribution < 1.29 is 0 Å². The van der Waals surface area contributed by atoms with Crippen LogP contribution in [0.25, 0.3) is 0 Å². The smallest absolute Gasteiger partial charge is 0.0286 e. The van der Waals surface area contributed by atoms with Crippen molar-refractivity contribution in [2.24, 2.45) is 0 Å². The van der Waals surface area contributed by atoms with Crippen LogP contribution in [0.5, 0.6) is 0 Å². The molecule has 0 amide bonds. The van der Waals surface area contributed by atoms with E-state index in [0.29, 0.717) is 0 Å². The van der Waals surface area contributed by atoms with Crippen LogP contribution < -0.4 is 0 Å². The average molecular weight is 220 g/mol. The highest BCUT2D eigenvalue weighted by atomic mass is 14.0. The van der Waals surface area contributed by atoms with E-state index in [9.17, 15) is 0 Å². The summed E-state index contributed by atoms with van der Waals surface area (Å²) in [4.78, 5) is 0. The Bertz CT molecular complexity index is 230. The van der Waals surface area contributed by atoms with Crippen LogP contribution in [-0.4, -0.2) is 0 Å². The lowest BCUT2D eigenvalue weighted by Crippen LogP contribution is -1.86. The Morgan fingerprint density at radius 1 is 1.12 bits per heavy atom. The van der Waals surface area contributed by atoms with Crippen LogP contribution in [0.2, 0.25) is 0 Å². The molecule has 0 nitrogen and oxygen atoms in total. The van der Waals surface area contributed by atoms with Crippen LogP contribution in [-0.2, 0) is 0 Å². The molecule has 0 atom stereocenters. The summed E-state index contributed by atoms with van der Waals surface area (Å²) in [6.07, 6.45) is 15.5. The molecule has 0 N–H and O–H groups in total. The van der Waals surface area contributed by atoms with Crippen molar-refractivity contribution in [3.63, 3.8) is 0 Å². The van der Waals surface area contributed by atoms with Gasteiger partial charge in [0.15, 0.2) is 0 Å². The van der Waals surface area contributed by atoms with Gasteiger partial charge in [0.25, 0.3) is 0 Å². The molecule has 0 aromatic heterocycles. The summed E-state index contributed by atoms with van der Waals surface area (Å²) in [6, 6.07) is 0. The van der Waals surface area contributed by atoms with Gasteiger partial charge >= 0.3 is 0 Å². The second-order valence-electron chi connectivity index (χ2n) is 4.57. The van der Waals surface area contributed by atoms with E-state index in [-0.39, 0.29) is 0 Å². The minimum absolute atomic E-state index is 1.17. The molecule has 16 heavy (non-hydrogen) atoms. The number of unbranched alkanes of at least 4 members (excludes halogenated alkanes) is 1. The molecule has 0 saturated carbocycles. The average Bonchev–Trinajstić information content (AvgIpc) is 2.25. The van der Waals surface area contributed by atoms with Gasteiger partial charge in [-0.05, 0) is 52.4 Å². The van der Waals surface area contributed by atoms with Crippen molar-refractivity contribution >= 4 is 0 Å². The van der Waals surface area contributed by atoms with Crippen LogP contribution in [0, 0.1) is 0 Å². The first kappa shape index (κ1) is 15.2. The summed E-state index contributed by atoms with van der Waals surface area (Å²) in [5, 5.41) is 0. The highest BCUT2D eigenvalue weighted by Crippen LogP contribution is 2.17. The molecule has 92 valence electrons. The van der Waals surface area contributed by atoms with Gasteiger partial charge in [-0.15, -0.1) is 6.58 Å². The summed E-state index contributed by atoms with van der Waals surface area (Å²) in [5.41, 5.74) is 2.95. The Kier molecular flexibility index (Phi) is 10.2. The van der Waals surface area contributed by atoms with Gasteiger partial charge in [0.1, 0.15) is 0 Å². The summed E-state index contributed by atoms with van der Waals surface area (Å²) < 4.78 is 0. The van der Waals surface area contributed by atoms with Gasteiger partial charge in [0, 0.05) is 0 Å². The summed E-state index contributed by atoms with van der Waals surface area (Å²) >= 11 is 0. The minimum Gasteiger partial charge on any atom is -0.100 e. The molecule has 0 aliphatic carbocycles. The topological polar surface area (TPSA) is 0 Å². The van der Waals surface area contributed by atoms with Crippen molar-refractivity contribution in [2.75, 3.05) is 0 Å². The van der Waals surface area contributed by atoms with Crippen LogP contribution in [0.4, 0.5) is 0 Å². The van der Waals surface area contributed by atoms with Crippen molar-refractivity contribution in [3.8, 4) is 0 Å². The molecule has 0 bridgehead atoms. The van der Waals surface area contributed by atoms with E-state index in [0.717, 1.165) is 0 Å². The maximum absolute atomic E-state index is 3.96. The predicted molar refractivity (Wildman–Crippen MR) is 75.7 cm³/mol. The standard InChI is InChI=1S/C16H28/c1-5-7-9-13-16(12-8-6-2)14-10-11-15(3)4/h5,7,12H,3,6,8-11,13-14H2,1-2,4H3/b7-5?,16-12-. The van der Waals surface area contributed by atoms with E-state index < -0.39 is 0 Å². The molecule has 0 aromatic rings. The maximum atomic E-state index is 3.96. The Labute approximate surface area is 102 Å². The molecule has 0 radical (unpaired) electrons.